The molecule has 3 aromatic rings. The van der Waals surface area contributed by atoms with Crippen molar-refractivity contribution in [2.75, 3.05) is 19.1 Å². The van der Waals surface area contributed by atoms with E-state index in [4.69, 9.17) is 14.8 Å². The van der Waals surface area contributed by atoms with Crippen LogP contribution in [-0.4, -0.2) is 42.2 Å². The molecule has 0 fully saturated rings. The van der Waals surface area contributed by atoms with Crippen LogP contribution in [-0.2, 0) is 11.3 Å². The molecule has 0 saturated carbocycles. The van der Waals surface area contributed by atoms with E-state index >= 15 is 0 Å². The number of methoxy groups -OCH3 is 1. The first kappa shape index (κ1) is 21.3. The normalized spacial score (nSPS) is 11.6. The van der Waals surface area contributed by atoms with Crippen molar-refractivity contribution in [1.82, 2.24) is 10.3 Å². The molecule has 1 aromatic heterocycles. The summed E-state index contributed by atoms with van der Waals surface area (Å²) < 4.78 is 5.28. The number of thiazole rings is 1. The van der Waals surface area contributed by atoms with E-state index in [2.05, 4.69) is 5.32 Å². The van der Waals surface area contributed by atoms with Gasteiger partial charge in [-0.1, -0.05) is 24.3 Å². The number of hydrogen-bond acceptors (Lipinski definition) is 6. The fourth-order valence-electron chi connectivity index (χ4n) is 2.80. The number of carbonyl (C=O) groups excluding carboxylic acids is 1. The van der Waals surface area contributed by atoms with Crippen molar-refractivity contribution in [3.05, 3.63) is 65.0 Å². The maximum atomic E-state index is 12.1. The van der Waals surface area contributed by atoms with Crippen LogP contribution < -0.4 is 15.0 Å². The van der Waals surface area contributed by atoms with Crippen LogP contribution in [0.25, 0.3) is 11.3 Å². The molecule has 3 rings (SSSR count). The summed E-state index contributed by atoms with van der Waals surface area (Å²) in [5.41, 5.74) is 3.32. The van der Waals surface area contributed by atoms with Gasteiger partial charge in [0.2, 0.25) is 0 Å². The average molecular weight is 426 g/mol. The number of carboxylic acid groups (broad SMARTS) is 1. The predicted octanol–water partition coefficient (Wildman–Crippen LogP) is 3.66. The van der Waals surface area contributed by atoms with Crippen molar-refractivity contribution in [3.63, 3.8) is 0 Å². The lowest BCUT2D eigenvalue weighted by Crippen LogP contribution is -2.38. The van der Waals surface area contributed by atoms with E-state index in [1.807, 2.05) is 53.7 Å². The van der Waals surface area contributed by atoms with Crippen LogP contribution in [0.2, 0.25) is 0 Å². The zero-order valence-electron chi connectivity index (χ0n) is 17.0. The van der Waals surface area contributed by atoms with Gasteiger partial charge in [0.15, 0.2) is 5.13 Å². The molecule has 0 aliphatic heterocycles. The van der Waals surface area contributed by atoms with Gasteiger partial charge in [-0.15, -0.1) is 11.3 Å². The van der Waals surface area contributed by atoms with Gasteiger partial charge in [-0.3, -0.25) is 9.59 Å². The van der Waals surface area contributed by atoms with Crippen LogP contribution in [0.5, 0.6) is 5.75 Å². The fraction of sp³-hybridized carbons (Fsp3) is 0.227. The van der Waals surface area contributed by atoms with Crippen molar-refractivity contribution < 1.29 is 19.4 Å². The molecule has 8 heteroatoms. The van der Waals surface area contributed by atoms with Crippen molar-refractivity contribution in [2.45, 2.75) is 19.5 Å². The number of carboxylic acids is 1. The van der Waals surface area contributed by atoms with Crippen molar-refractivity contribution >= 4 is 28.3 Å². The largest absolute Gasteiger partial charge is 0.497 e. The lowest BCUT2D eigenvalue weighted by atomic mass is 10.1. The number of aliphatic carboxylic acids is 1. The lowest BCUT2D eigenvalue weighted by molar-refractivity contribution is -0.138. The number of benzene rings is 2. The maximum absolute atomic E-state index is 12.1. The smallest absolute Gasteiger partial charge is 0.325 e. The van der Waals surface area contributed by atoms with Crippen LogP contribution in [0.1, 0.15) is 22.8 Å². The van der Waals surface area contributed by atoms with E-state index in [1.54, 1.807) is 30.6 Å². The maximum Gasteiger partial charge on any atom is 0.325 e. The van der Waals surface area contributed by atoms with E-state index in [0.717, 1.165) is 27.7 Å². The fourth-order valence-corrected chi connectivity index (χ4v) is 3.60. The number of aromatic nitrogens is 1. The number of ether oxygens (including phenoxy) is 1. The Labute approximate surface area is 179 Å². The van der Waals surface area contributed by atoms with E-state index in [9.17, 15) is 9.59 Å². The summed E-state index contributed by atoms with van der Waals surface area (Å²) in [7, 11) is 3.60. The zero-order chi connectivity index (χ0) is 21.7. The Morgan fingerprint density at radius 1 is 1.23 bits per heavy atom. The lowest BCUT2D eigenvalue weighted by Gasteiger charge is -2.16. The highest BCUT2D eigenvalue weighted by molar-refractivity contribution is 7.14. The second-order valence-electron chi connectivity index (χ2n) is 6.83. The first-order valence-electron chi connectivity index (χ1n) is 9.31. The van der Waals surface area contributed by atoms with E-state index in [1.165, 1.54) is 6.92 Å². The third-order valence-corrected chi connectivity index (χ3v) is 5.49. The summed E-state index contributed by atoms with van der Waals surface area (Å²) in [6.07, 6.45) is 0. The van der Waals surface area contributed by atoms with Gasteiger partial charge < -0.3 is 20.1 Å². The highest BCUT2D eigenvalue weighted by atomic mass is 32.1. The van der Waals surface area contributed by atoms with Gasteiger partial charge in [0, 0.05) is 30.1 Å². The van der Waals surface area contributed by atoms with Gasteiger partial charge in [-0.25, -0.2) is 4.98 Å². The Hall–Kier alpha value is -3.39. The molecular weight excluding hydrogens is 402 g/mol. The Morgan fingerprint density at radius 3 is 2.63 bits per heavy atom. The predicted molar refractivity (Wildman–Crippen MR) is 117 cm³/mol. The molecule has 0 spiro atoms. The molecular formula is C22H23N3O4S. The molecule has 1 atom stereocenters. The quantitative estimate of drug-likeness (QED) is 0.572. The molecule has 1 heterocycles. The van der Waals surface area contributed by atoms with Crippen LogP contribution in [0.15, 0.2) is 53.9 Å². The van der Waals surface area contributed by atoms with E-state index < -0.39 is 17.9 Å². The number of anilines is 1. The second kappa shape index (κ2) is 9.41. The van der Waals surface area contributed by atoms with Crippen LogP contribution in [0, 0.1) is 0 Å². The van der Waals surface area contributed by atoms with Crippen LogP contribution in [0.3, 0.4) is 0 Å². The number of rotatable bonds is 8. The van der Waals surface area contributed by atoms with Gasteiger partial charge in [0.05, 0.1) is 12.8 Å². The molecule has 1 unspecified atom stereocenters. The molecule has 156 valence electrons. The van der Waals surface area contributed by atoms with E-state index in [-0.39, 0.29) is 0 Å². The number of hydrogen-bond donors (Lipinski definition) is 2. The number of amides is 1. The summed E-state index contributed by atoms with van der Waals surface area (Å²) in [5, 5.41) is 14.2. The SMILES string of the molecule is COc1cccc(-c2csc(N(C)Cc3ccc(C(=O)NC(C)C(=O)O)cc3)n2)c1. The molecule has 0 radical (unpaired) electrons. The molecule has 0 aliphatic rings. The molecule has 1 amide bonds. The minimum absolute atomic E-state index is 0.410. The molecule has 2 N–H and O–H groups in total. The van der Waals surface area contributed by atoms with Gasteiger partial charge >= 0.3 is 5.97 Å². The Bertz CT molecular complexity index is 1030. The van der Waals surface area contributed by atoms with Crippen LogP contribution in [0.4, 0.5) is 5.13 Å². The standard InChI is InChI=1S/C22H23N3O4S/c1-14(21(27)28)23-20(26)16-9-7-15(8-10-16)12-25(2)22-24-19(13-30-22)17-5-4-6-18(11-17)29-3/h4-11,13-14H,12H2,1-3H3,(H,23,26)(H,27,28). The minimum Gasteiger partial charge on any atom is -0.497 e. The highest BCUT2D eigenvalue weighted by Gasteiger charge is 2.15. The molecule has 0 saturated heterocycles. The molecule has 0 bridgehead atoms. The second-order valence-corrected chi connectivity index (χ2v) is 7.67. The first-order valence-corrected chi connectivity index (χ1v) is 10.2. The van der Waals surface area contributed by atoms with Crippen molar-refractivity contribution in [3.8, 4) is 17.0 Å². The van der Waals surface area contributed by atoms with Crippen LogP contribution >= 0.6 is 11.3 Å². The molecule has 30 heavy (non-hydrogen) atoms. The molecule has 2 aromatic carbocycles. The zero-order valence-corrected chi connectivity index (χ0v) is 17.8. The van der Waals surface area contributed by atoms with Gasteiger partial charge in [-0.2, -0.15) is 0 Å². The highest BCUT2D eigenvalue weighted by Crippen LogP contribution is 2.29. The van der Waals surface area contributed by atoms with Gasteiger partial charge in [-0.05, 0) is 36.8 Å². The number of nitrogens with one attached hydrogen (secondary N) is 1. The number of nitrogens with zero attached hydrogens (tertiary/aromatic N) is 2. The summed E-state index contributed by atoms with van der Waals surface area (Å²) in [4.78, 5) is 29.7. The topological polar surface area (TPSA) is 91.8 Å². The first-order chi connectivity index (χ1) is 14.4. The summed E-state index contributed by atoms with van der Waals surface area (Å²) >= 11 is 1.56. The van der Waals surface area contributed by atoms with Gasteiger partial charge in [0.25, 0.3) is 5.91 Å². The Kier molecular flexibility index (Phi) is 6.68. The molecule has 7 nitrogen and oxygen atoms in total. The summed E-state index contributed by atoms with van der Waals surface area (Å²) in [6, 6.07) is 13.9. The monoisotopic (exact) mass is 425 g/mol. The van der Waals surface area contributed by atoms with E-state index in [0.29, 0.717) is 12.1 Å². The third-order valence-electron chi connectivity index (χ3n) is 4.54. The Balaban J connectivity index is 1.65. The minimum atomic E-state index is -1.07. The number of carbonyl (C=O) groups is 2. The average Bonchev–Trinajstić information content (AvgIpc) is 3.24. The van der Waals surface area contributed by atoms with Crippen molar-refractivity contribution in [2.24, 2.45) is 0 Å². The summed E-state index contributed by atoms with van der Waals surface area (Å²) in [5.74, 6) is -0.691. The molecule has 0 aliphatic carbocycles. The third kappa shape index (κ3) is 5.15. The van der Waals surface area contributed by atoms with Gasteiger partial charge in [0.1, 0.15) is 11.8 Å². The summed E-state index contributed by atoms with van der Waals surface area (Å²) in [6.45, 7) is 2.05. The van der Waals surface area contributed by atoms with Crippen molar-refractivity contribution in [1.29, 1.82) is 0 Å². The Morgan fingerprint density at radius 2 is 1.97 bits per heavy atom.